The third-order valence-electron chi connectivity index (χ3n) is 10.9. The first-order valence-electron chi connectivity index (χ1n) is 20.7. The molecule has 4 aliphatic heterocycles. The van der Waals surface area contributed by atoms with Crippen LogP contribution in [-0.2, 0) is 4.74 Å². The summed E-state index contributed by atoms with van der Waals surface area (Å²) in [6.07, 6.45) is 16.0. The summed E-state index contributed by atoms with van der Waals surface area (Å²) >= 11 is 0. The molecule has 15 heteroatoms. The summed E-state index contributed by atoms with van der Waals surface area (Å²) in [6, 6.07) is 17.9. The van der Waals surface area contributed by atoms with E-state index >= 15 is 0 Å². The zero-order valence-electron chi connectivity index (χ0n) is 35.4. The molecule has 15 nitrogen and oxygen atoms in total. The summed E-state index contributed by atoms with van der Waals surface area (Å²) in [5.74, 6) is 5.17. The first-order chi connectivity index (χ1) is 30.9. The predicted molar refractivity (Wildman–Crippen MR) is 238 cm³/mol. The Bertz CT molecular complexity index is 2490. The van der Waals surface area contributed by atoms with E-state index in [9.17, 15) is 9.59 Å². The van der Waals surface area contributed by atoms with Gasteiger partial charge in [0.2, 0.25) is 5.88 Å². The van der Waals surface area contributed by atoms with Gasteiger partial charge in [0.05, 0.1) is 88.9 Å². The molecule has 0 radical (unpaired) electrons. The van der Waals surface area contributed by atoms with Crippen molar-refractivity contribution in [2.45, 2.75) is 31.3 Å². The van der Waals surface area contributed by atoms with Gasteiger partial charge in [-0.25, -0.2) is 4.98 Å². The lowest BCUT2D eigenvalue weighted by Gasteiger charge is -2.19. The number of aromatic nitrogens is 1. The average molecular weight is 853 g/mol. The Hall–Kier alpha value is -7.15. The highest BCUT2D eigenvalue weighted by molar-refractivity contribution is 6.06. The summed E-state index contributed by atoms with van der Waals surface area (Å²) < 4.78 is 40.2. The molecule has 0 spiro atoms. The maximum absolute atomic E-state index is 13.9. The largest absolute Gasteiger partial charge is 0.497 e. The first kappa shape index (κ1) is 42.5. The monoisotopic (exact) mass is 852 g/mol. The third-order valence-corrected chi connectivity index (χ3v) is 10.9. The van der Waals surface area contributed by atoms with Gasteiger partial charge in [-0.15, -0.1) is 6.42 Å². The number of methoxy groups -OCH3 is 3. The maximum Gasteiger partial charge on any atom is 0.260 e. The van der Waals surface area contributed by atoms with Crippen LogP contribution in [0.1, 0.15) is 51.1 Å². The lowest BCUT2D eigenvalue weighted by Crippen LogP contribution is -2.32. The van der Waals surface area contributed by atoms with Gasteiger partial charge in [-0.3, -0.25) is 19.6 Å². The van der Waals surface area contributed by atoms with E-state index in [0.29, 0.717) is 104 Å². The lowest BCUT2D eigenvalue weighted by atomic mass is 10.0. The lowest BCUT2D eigenvalue weighted by molar-refractivity contribution is 0.0809. The molecule has 0 fully saturated rings. The number of amides is 2. The number of terminal acetylenes is 1. The van der Waals surface area contributed by atoms with Crippen LogP contribution in [0.4, 0.5) is 11.4 Å². The fourth-order valence-electron chi connectivity index (χ4n) is 7.64. The van der Waals surface area contributed by atoms with E-state index in [-0.39, 0.29) is 37.1 Å². The molecule has 324 valence electrons. The van der Waals surface area contributed by atoms with Crippen LogP contribution in [0.25, 0.3) is 11.1 Å². The molecule has 0 bridgehead atoms. The van der Waals surface area contributed by atoms with Crippen LogP contribution < -0.4 is 33.7 Å². The molecular weight excluding hydrogens is 805 g/mol. The summed E-state index contributed by atoms with van der Waals surface area (Å²) in [4.78, 5) is 45.0. The zero-order chi connectivity index (χ0) is 43.7. The Morgan fingerprint density at radius 1 is 0.683 bits per heavy atom. The first-order valence-corrected chi connectivity index (χ1v) is 20.7. The van der Waals surface area contributed by atoms with Gasteiger partial charge in [0, 0.05) is 75.0 Å². The highest BCUT2D eigenvalue weighted by Gasteiger charge is 2.35. The van der Waals surface area contributed by atoms with Crippen molar-refractivity contribution in [2.24, 2.45) is 9.98 Å². The summed E-state index contributed by atoms with van der Waals surface area (Å²) in [7, 11) is 4.70. The molecule has 0 saturated carbocycles. The fourth-order valence-corrected chi connectivity index (χ4v) is 7.64. The summed E-state index contributed by atoms with van der Waals surface area (Å²) in [6.45, 7) is 3.10. The molecule has 1 N–H and O–H groups in total. The maximum atomic E-state index is 13.9. The molecule has 0 saturated heterocycles. The van der Waals surface area contributed by atoms with Crippen LogP contribution in [-0.4, -0.2) is 119 Å². The van der Waals surface area contributed by atoms with Crippen molar-refractivity contribution < 1.29 is 42.7 Å². The number of carbonyl (C=O) groups is 2. The SMILES string of the molecule is C#CCNCCOCCOc1ccc(C2=CN3C(=O)c4cc(OC)c(OCCCOc5cc6c(cc5OC)C(=O)N5C=C(c7ccc(OC)cc7)CC5C=N6)cc4N=CC3C2)cn1. The van der Waals surface area contributed by atoms with Crippen LogP contribution >= 0.6 is 0 Å². The van der Waals surface area contributed by atoms with Gasteiger partial charge in [0.15, 0.2) is 23.0 Å². The molecular formula is C48H48N6O9. The molecule has 2 atom stereocenters. The average Bonchev–Trinajstić information content (AvgIpc) is 3.90. The van der Waals surface area contributed by atoms with Crippen LogP contribution in [0.3, 0.4) is 0 Å². The quantitative estimate of drug-likeness (QED) is 0.0811. The van der Waals surface area contributed by atoms with E-state index in [0.717, 1.165) is 28.0 Å². The van der Waals surface area contributed by atoms with E-state index in [1.807, 2.05) is 55.0 Å². The second-order valence-electron chi connectivity index (χ2n) is 14.9. The molecule has 2 amide bonds. The number of pyridine rings is 1. The molecule has 4 aromatic rings. The molecule has 1 aromatic heterocycles. The standard InChI is InChI=1S/C48H48N6O9/c1-5-13-49-14-17-60-18-19-63-46-12-9-32(26-52-46)34-21-36-28-51-41-25-45(43(59-4)23-39(41)48(56)54(36)30-34)62-16-6-15-61-44-24-40-38(22-42(44)58-3)47(55)53-29-33(20-35(53)27-50-40)31-7-10-37(57-2)11-8-31/h1,7-12,22-30,35-36,49H,6,13-21H2,2-4H3. The zero-order valence-corrected chi connectivity index (χ0v) is 35.4. The number of fused-ring (bicyclic) bond motifs is 4. The number of carbonyl (C=O) groups excluding carboxylic acids is 2. The third kappa shape index (κ3) is 9.52. The Kier molecular flexibility index (Phi) is 13.3. The Morgan fingerprint density at radius 3 is 1.81 bits per heavy atom. The Labute approximate surface area is 366 Å². The second-order valence-corrected chi connectivity index (χ2v) is 14.9. The van der Waals surface area contributed by atoms with Gasteiger partial charge in [-0.2, -0.15) is 0 Å². The number of benzene rings is 3. The predicted octanol–water partition coefficient (Wildman–Crippen LogP) is 6.52. The van der Waals surface area contributed by atoms with Gasteiger partial charge in [-0.05, 0) is 52.6 Å². The van der Waals surface area contributed by atoms with E-state index in [1.165, 1.54) is 14.2 Å². The number of ether oxygens (including phenoxy) is 7. The fraction of sp³-hybridized carbons (Fsp3) is 0.312. The second kappa shape index (κ2) is 19.7. The van der Waals surface area contributed by atoms with Crippen molar-refractivity contribution in [1.29, 1.82) is 0 Å². The minimum absolute atomic E-state index is 0.165. The van der Waals surface area contributed by atoms with Crippen molar-refractivity contribution in [3.05, 3.63) is 102 Å². The summed E-state index contributed by atoms with van der Waals surface area (Å²) in [5, 5.41) is 3.06. The molecule has 0 aliphatic carbocycles. The number of rotatable bonds is 19. The highest BCUT2D eigenvalue weighted by Crippen LogP contribution is 2.42. The Morgan fingerprint density at radius 2 is 1.27 bits per heavy atom. The number of nitrogens with one attached hydrogen (secondary N) is 1. The highest BCUT2D eigenvalue weighted by atomic mass is 16.5. The van der Waals surface area contributed by atoms with Crippen molar-refractivity contribution >= 4 is 46.8 Å². The van der Waals surface area contributed by atoms with E-state index in [1.54, 1.807) is 53.6 Å². The topological polar surface area (TPSA) is 155 Å². The number of aliphatic imine (C=N–C) groups is 2. The van der Waals surface area contributed by atoms with Gasteiger partial charge in [0.1, 0.15) is 12.4 Å². The van der Waals surface area contributed by atoms with E-state index < -0.39 is 0 Å². The normalized spacial score (nSPS) is 17.0. The molecule has 3 aromatic carbocycles. The van der Waals surface area contributed by atoms with Gasteiger partial charge in [0.25, 0.3) is 11.8 Å². The van der Waals surface area contributed by atoms with E-state index in [2.05, 4.69) is 16.2 Å². The minimum atomic E-state index is -0.267. The van der Waals surface area contributed by atoms with E-state index in [4.69, 9.17) is 49.6 Å². The molecule has 63 heavy (non-hydrogen) atoms. The number of nitrogens with zero attached hydrogens (tertiary/aromatic N) is 5. The van der Waals surface area contributed by atoms with Gasteiger partial charge >= 0.3 is 0 Å². The Balaban J connectivity index is 0.848. The van der Waals surface area contributed by atoms with Crippen LogP contribution in [0.2, 0.25) is 0 Å². The summed E-state index contributed by atoms with van der Waals surface area (Å²) in [5.41, 5.74) is 5.74. The van der Waals surface area contributed by atoms with Crippen molar-refractivity contribution in [3.8, 4) is 47.0 Å². The molecule has 5 heterocycles. The van der Waals surface area contributed by atoms with Crippen molar-refractivity contribution in [1.82, 2.24) is 20.1 Å². The van der Waals surface area contributed by atoms with Gasteiger partial charge < -0.3 is 48.3 Å². The van der Waals surface area contributed by atoms with Gasteiger partial charge in [-0.1, -0.05) is 18.1 Å². The molecule has 2 unspecified atom stereocenters. The number of hydrogen-bond acceptors (Lipinski definition) is 13. The minimum Gasteiger partial charge on any atom is -0.497 e. The smallest absolute Gasteiger partial charge is 0.260 e. The van der Waals surface area contributed by atoms with Crippen LogP contribution in [0, 0.1) is 12.3 Å². The van der Waals surface area contributed by atoms with Crippen molar-refractivity contribution in [3.63, 3.8) is 0 Å². The molecule has 8 rings (SSSR count). The molecule has 4 aliphatic rings. The van der Waals surface area contributed by atoms with Crippen molar-refractivity contribution in [2.75, 3.05) is 67.5 Å². The number of hydrogen-bond donors (Lipinski definition) is 1. The van der Waals surface area contributed by atoms with Crippen LogP contribution in [0.5, 0.6) is 34.6 Å². The van der Waals surface area contributed by atoms with Crippen LogP contribution in [0.15, 0.2) is 89.2 Å².